The van der Waals surface area contributed by atoms with Crippen LogP contribution < -0.4 is 10.2 Å². The van der Waals surface area contributed by atoms with Gasteiger partial charge in [-0.3, -0.25) is 0 Å². The van der Waals surface area contributed by atoms with Gasteiger partial charge in [0.25, 0.3) is 0 Å². The summed E-state index contributed by atoms with van der Waals surface area (Å²) in [6.07, 6.45) is 2.66. The molecule has 0 N–H and O–H groups in total. The number of rotatable bonds is 4. The molecule has 0 aliphatic carbocycles. The number of hydrogen-bond acceptors (Lipinski definition) is 5. The molecule has 0 aromatic heterocycles. The van der Waals surface area contributed by atoms with Crippen LogP contribution in [0.25, 0.3) is 0 Å². The van der Waals surface area contributed by atoms with Crippen molar-refractivity contribution in [1.29, 1.82) is 0 Å². The Bertz CT molecular complexity index is 700. The molecule has 2 saturated heterocycles. The monoisotopic (exact) mass is 403 g/mol. The minimum Gasteiger partial charge on any atom is -0.491 e. The van der Waals surface area contributed by atoms with Crippen molar-refractivity contribution in [2.75, 3.05) is 13.2 Å². The summed E-state index contributed by atoms with van der Waals surface area (Å²) in [5.41, 5.74) is 0.287. The molecule has 2 heterocycles. The van der Waals surface area contributed by atoms with Gasteiger partial charge in [0.15, 0.2) is 0 Å². The van der Waals surface area contributed by atoms with Crippen molar-refractivity contribution in [2.45, 2.75) is 84.2 Å². The Labute approximate surface area is 175 Å². The molecule has 0 radical (unpaired) electrons. The van der Waals surface area contributed by atoms with Crippen LogP contribution in [0.3, 0.4) is 0 Å². The minimum absolute atomic E-state index is 0.0381. The molecule has 2 atom stereocenters. The second-order valence-corrected chi connectivity index (χ2v) is 9.71. The van der Waals surface area contributed by atoms with Gasteiger partial charge in [0.05, 0.1) is 11.6 Å². The number of benzene rings is 1. The van der Waals surface area contributed by atoms with Gasteiger partial charge in [-0.25, -0.2) is 4.79 Å². The van der Waals surface area contributed by atoms with Crippen molar-refractivity contribution in [3.8, 4) is 5.75 Å². The van der Waals surface area contributed by atoms with E-state index in [2.05, 4.69) is 20.8 Å². The van der Waals surface area contributed by atoms with E-state index in [0.29, 0.717) is 13.2 Å². The minimum atomic E-state index is -0.490. The number of nitrogens with zero attached hydrogens (tertiary/aromatic N) is 1. The third kappa shape index (κ3) is 6.13. The maximum atomic E-state index is 12.4. The topological polar surface area (TPSA) is 57.2 Å². The summed E-state index contributed by atoms with van der Waals surface area (Å²) in [6.45, 7) is 13.1. The summed E-state index contributed by atoms with van der Waals surface area (Å²) >= 11 is 0. The smallest absolute Gasteiger partial charge is 0.491 e. The average Bonchev–Trinajstić information content (AvgIpc) is 3.06. The molecule has 0 unspecified atom stereocenters. The number of carbonyl (C=O) groups is 1. The standard InChI is InChI=1S/C22H34BNO5/c1-16-14-22(5,6)29-23(28-16)17-9-11-19(12-10-17)26-15-18-8-7-13-24(18)20(25)27-21(2,3)4/h9-12,16,18H,7-8,13-15H2,1-6H3/t16-,18-/m1/s1. The summed E-state index contributed by atoms with van der Waals surface area (Å²) in [5, 5.41) is 0. The molecule has 7 heteroatoms. The van der Waals surface area contributed by atoms with Crippen molar-refractivity contribution >= 4 is 18.7 Å². The Kier molecular flexibility index (Phi) is 6.49. The quantitative estimate of drug-likeness (QED) is 0.717. The van der Waals surface area contributed by atoms with Crippen LogP contribution in [-0.2, 0) is 14.0 Å². The largest absolute Gasteiger partial charge is 0.494 e. The van der Waals surface area contributed by atoms with Gasteiger partial charge in [-0.1, -0.05) is 12.1 Å². The molecular weight excluding hydrogens is 369 g/mol. The van der Waals surface area contributed by atoms with Gasteiger partial charge in [-0.2, -0.15) is 0 Å². The van der Waals surface area contributed by atoms with Crippen LogP contribution >= 0.6 is 0 Å². The van der Waals surface area contributed by atoms with Crippen LogP contribution in [0.4, 0.5) is 4.79 Å². The van der Waals surface area contributed by atoms with E-state index in [0.717, 1.165) is 30.5 Å². The van der Waals surface area contributed by atoms with Gasteiger partial charge in [0, 0.05) is 12.6 Å². The second-order valence-electron chi connectivity index (χ2n) is 9.71. The number of hydrogen-bond donors (Lipinski definition) is 0. The maximum absolute atomic E-state index is 12.4. The number of carbonyl (C=O) groups excluding carboxylic acids is 1. The van der Waals surface area contributed by atoms with E-state index < -0.39 is 5.60 Å². The van der Waals surface area contributed by atoms with Crippen LogP contribution in [0.15, 0.2) is 24.3 Å². The maximum Gasteiger partial charge on any atom is 0.494 e. The molecule has 0 bridgehead atoms. The highest BCUT2D eigenvalue weighted by Gasteiger charge is 2.38. The summed E-state index contributed by atoms with van der Waals surface area (Å²) in [7, 11) is -0.361. The SMILES string of the molecule is C[C@@H]1CC(C)(C)OB(c2ccc(OC[C@H]3CCCN3C(=O)OC(C)(C)C)cc2)O1. The highest BCUT2D eigenvalue weighted by atomic mass is 16.6. The molecule has 0 spiro atoms. The molecule has 29 heavy (non-hydrogen) atoms. The first-order chi connectivity index (χ1) is 13.5. The van der Waals surface area contributed by atoms with Crippen molar-refractivity contribution in [3.05, 3.63) is 24.3 Å². The fraction of sp³-hybridized carbons (Fsp3) is 0.682. The van der Waals surface area contributed by atoms with E-state index in [1.807, 2.05) is 45.0 Å². The van der Waals surface area contributed by atoms with Crippen LogP contribution in [0.5, 0.6) is 5.75 Å². The predicted octanol–water partition coefficient (Wildman–Crippen LogP) is 3.76. The second kappa shape index (κ2) is 8.56. The fourth-order valence-corrected chi connectivity index (χ4v) is 3.95. The van der Waals surface area contributed by atoms with Gasteiger partial charge >= 0.3 is 13.2 Å². The van der Waals surface area contributed by atoms with Crippen molar-refractivity contribution in [3.63, 3.8) is 0 Å². The van der Waals surface area contributed by atoms with E-state index >= 15 is 0 Å². The molecule has 1 aromatic rings. The van der Waals surface area contributed by atoms with Gasteiger partial charge in [-0.15, -0.1) is 0 Å². The van der Waals surface area contributed by atoms with Crippen molar-refractivity contribution in [1.82, 2.24) is 4.90 Å². The zero-order valence-electron chi connectivity index (χ0n) is 18.6. The first kappa shape index (κ1) is 22.0. The fourth-order valence-electron chi connectivity index (χ4n) is 3.95. The van der Waals surface area contributed by atoms with E-state index in [1.54, 1.807) is 4.90 Å². The Hall–Kier alpha value is -1.73. The normalized spacial score (nSPS) is 24.5. The Morgan fingerprint density at radius 2 is 1.97 bits per heavy atom. The summed E-state index contributed by atoms with van der Waals surface area (Å²) < 4.78 is 23.5. The summed E-state index contributed by atoms with van der Waals surface area (Å²) in [5.74, 6) is 0.771. The Morgan fingerprint density at radius 3 is 2.59 bits per heavy atom. The number of ether oxygens (including phenoxy) is 2. The zero-order chi connectivity index (χ0) is 21.2. The molecule has 0 saturated carbocycles. The van der Waals surface area contributed by atoms with Crippen molar-refractivity contribution in [2.24, 2.45) is 0 Å². The lowest BCUT2D eigenvalue weighted by molar-refractivity contribution is -0.0230. The average molecular weight is 403 g/mol. The first-order valence-electron chi connectivity index (χ1n) is 10.6. The molecule has 2 fully saturated rings. The first-order valence-corrected chi connectivity index (χ1v) is 10.6. The van der Waals surface area contributed by atoms with E-state index in [-0.39, 0.29) is 31.0 Å². The lowest BCUT2D eigenvalue weighted by Gasteiger charge is -2.38. The van der Waals surface area contributed by atoms with Gasteiger partial charge in [0.1, 0.15) is 18.0 Å². The predicted molar refractivity (Wildman–Crippen MR) is 114 cm³/mol. The van der Waals surface area contributed by atoms with Crippen LogP contribution in [0, 0.1) is 0 Å². The van der Waals surface area contributed by atoms with Crippen LogP contribution in [0.1, 0.15) is 60.8 Å². The van der Waals surface area contributed by atoms with Gasteiger partial charge < -0.3 is 23.7 Å². The van der Waals surface area contributed by atoms with Crippen molar-refractivity contribution < 1.29 is 23.6 Å². The Balaban J connectivity index is 1.55. The van der Waals surface area contributed by atoms with Crippen LogP contribution in [-0.4, -0.2) is 54.6 Å². The summed E-state index contributed by atoms with van der Waals surface area (Å²) in [6, 6.07) is 7.86. The summed E-state index contributed by atoms with van der Waals surface area (Å²) in [4.78, 5) is 14.2. The molecule has 6 nitrogen and oxygen atoms in total. The van der Waals surface area contributed by atoms with Crippen LogP contribution in [0.2, 0.25) is 0 Å². The third-order valence-electron chi connectivity index (χ3n) is 5.16. The number of likely N-dealkylation sites (tertiary alicyclic amines) is 1. The van der Waals surface area contributed by atoms with E-state index in [4.69, 9.17) is 18.8 Å². The van der Waals surface area contributed by atoms with Gasteiger partial charge in [-0.05, 0) is 78.4 Å². The van der Waals surface area contributed by atoms with E-state index in [1.165, 1.54) is 0 Å². The molecule has 160 valence electrons. The highest BCUT2D eigenvalue weighted by Crippen LogP contribution is 2.26. The number of amides is 1. The van der Waals surface area contributed by atoms with Gasteiger partial charge in [0.2, 0.25) is 0 Å². The Morgan fingerprint density at radius 1 is 1.28 bits per heavy atom. The molecule has 1 aromatic carbocycles. The molecular formula is C22H34BNO5. The third-order valence-corrected chi connectivity index (χ3v) is 5.16. The van der Waals surface area contributed by atoms with E-state index in [9.17, 15) is 4.79 Å². The zero-order valence-corrected chi connectivity index (χ0v) is 18.6. The highest BCUT2D eigenvalue weighted by molar-refractivity contribution is 6.61. The lowest BCUT2D eigenvalue weighted by Crippen LogP contribution is -2.51. The molecule has 2 aliphatic heterocycles. The lowest BCUT2D eigenvalue weighted by atomic mass is 9.75. The molecule has 2 aliphatic rings. The molecule has 3 rings (SSSR count). The molecule has 1 amide bonds.